The van der Waals surface area contributed by atoms with Crippen molar-refractivity contribution in [3.63, 3.8) is 0 Å². The van der Waals surface area contributed by atoms with Crippen LogP contribution in [-0.4, -0.2) is 31.1 Å². The molecule has 0 fully saturated rings. The lowest BCUT2D eigenvalue weighted by molar-refractivity contribution is -0.143. The molecule has 0 aromatic rings. The SMILES string of the molecule is CCOC(=O)CCNC(=O)[C@@H](N)CC(C)C. The van der Waals surface area contributed by atoms with Gasteiger partial charge in [-0.2, -0.15) is 0 Å². The van der Waals surface area contributed by atoms with Crippen LogP contribution in [0.15, 0.2) is 0 Å². The van der Waals surface area contributed by atoms with Gasteiger partial charge in [0.05, 0.1) is 19.1 Å². The van der Waals surface area contributed by atoms with Crippen LogP contribution in [0.1, 0.15) is 33.6 Å². The average molecular weight is 230 g/mol. The number of carbonyl (C=O) groups is 2. The highest BCUT2D eigenvalue weighted by Gasteiger charge is 2.14. The van der Waals surface area contributed by atoms with Crippen molar-refractivity contribution in [2.24, 2.45) is 11.7 Å². The van der Waals surface area contributed by atoms with Crippen LogP contribution >= 0.6 is 0 Å². The first-order valence-electron chi connectivity index (χ1n) is 5.66. The fraction of sp³-hybridized carbons (Fsp3) is 0.818. The van der Waals surface area contributed by atoms with Crippen LogP contribution in [0.2, 0.25) is 0 Å². The van der Waals surface area contributed by atoms with E-state index in [0.717, 1.165) is 0 Å². The Hall–Kier alpha value is -1.10. The van der Waals surface area contributed by atoms with Gasteiger partial charge in [0.15, 0.2) is 0 Å². The van der Waals surface area contributed by atoms with Crippen LogP contribution in [0.5, 0.6) is 0 Å². The molecule has 0 radical (unpaired) electrons. The van der Waals surface area contributed by atoms with Crippen LogP contribution in [-0.2, 0) is 14.3 Å². The Bertz CT molecular complexity index is 229. The largest absolute Gasteiger partial charge is 0.466 e. The van der Waals surface area contributed by atoms with E-state index in [-0.39, 0.29) is 24.8 Å². The standard InChI is InChI=1S/C11H22N2O3/c1-4-16-10(14)5-6-13-11(15)9(12)7-8(2)3/h8-9H,4-7,12H2,1-3H3,(H,13,15)/t9-/m0/s1. The van der Waals surface area contributed by atoms with E-state index in [0.29, 0.717) is 18.9 Å². The van der Waals surface area contributed by atoms with Crippen LogP contribution in [0.4, 0.5) is 0 Å². The molecule has 0 aromatic carbocycles. The summed E-state index contributed by atoms with van der Waals surface area (Å²) in [4.78, 5) is 22.4. The van der Waals surface area contributed by atoms with Crippen LogP contribution in [0, 0.1) is 5.92 Å². The van der Waals surface area contributed by atoms with Gasteiger partial charge in [0.25, 0.3) is 0 Å². The van der Waals surface area contributed by atoms with Crippen LogP contribution in [0.3, 0.4) is 0 Å². The first-order chi connectivity index (χ1) is 7.47. The average Bonchev–Trinajstić information content (AvgIpc) is 2.16. The Morgan fingerprint density at radius 3 is 2.50 bits per heavy atom. The molecule has 1 amide bonds. The zero-order chi connectivity index (χ0) is 12.6. The predicted molar refractivity (Wildman–Crippen MR) is 61.7 cm³/mol. The highest BCUT2D eigenvalue weighted by molar-refractivity contribution is 5.82. The smallest absolute Gasteiger partial charge is 0.307 e. The van der Waals surface area contributed by atoms with Crippen molar-refractivity contribution in [1.82, 2.24) is 5.32 Å². The second-order valence-corrected chi connectivity index (χ2v) is 4.08. The number of ether oxygens (including phenoxy) is 1. The maximum absolute atomic E-state index is 11.4. The van der Waals surface area contributed by atoms with E-state index < -0.39 is 6.04 Å². The second-order valence-electron chi connectivity index (χ2n) is 4.08. The van der Waals surface area contributed by atoms with Crippen molar-refractivity contribution in [3.8, 4) is 0 Å². The normalized spacial score (nSPS) is 12.3. The summed E-state index contributed by atoms with van der Waals surface area (Å²) in [5.74, 6) is -0.135. The van der Waals surface area contributed by atoms with Gasteiger partial charge in [0, 0.05) is 6.54 Å². The molecule has 0 aliphatic heterocycles. The summed E-state index contributed by atoms with van der Waals surface area (Å²) in [7, 11) is 0. The van der Waals surface area contributed by atoms with Crippen molar-refractivity contribution in [1.29, 1.82) is 0 Å². The topological polar surface area (TPSA) is 81.4 Å². The molecule has 0 unspecified atom stereocenters. The van der Waals surface area contributed by atoms with Gasteiger partial charge in [-0.05, 0) is 19.3 Å². The quantitative estimate of drug-likeness (QED) is 0.621. The predicted octanol–water partition coefficient (Wildman–Crippen LogP) is 0.429. The van der Waals surface area contributed by atoms with Gasteiger partial charge < -0.3 is 15.8 Å². The van der Waals surface area contributed by atoms with E-state index in [2.05, 4.69) is 5.32 Å². The van der Waals surface area contributed by atoms with Crippen molar-refractivity contribution < 1.29 is 14.3 Å². The number of esters is 1. The highest BCUT2D eigenvalue weighted by Crippen LogP contribution is 2.02. The molecule has 0 heterocycles. The lowest BCUT2D eigenvalue weighted by Crippen LogP contribution is -2.42. The zero-order valence-electron chi connectivity index (χ0n) is 10.3. The molecular formula is C11H22N2O3. The molecule has 0 aliphatic carbocycles. The summed E-state index contributed by atoms with van der Waals surface area (Å²) in [6.07, 6.45) is 0.833. The summed E-state index contributed by atoms with van der Waals surface area (Å²) < 4.78 is 4.73. The lowest BCUT2D eigenvalue weighted by Gasteiger charge is -2.13. The molecule has 1 atom stereocenters. The third-order valence-corrected chi connectivity index (χ3v) is 2.00. The van der Waals surface area contributed by atoms with E-state index in [1.54, 1.807) is 6.92 Å². The third kappa shape index (κ3) is 7.23. The van der Waals surface area contributed by atoms with Gasteiger partial charge >= 0.3 is 5.97 Å². The van der Waals surface area contributed by atoms with Gasteiger partial charge in [-0.25, -0.2) is 0 Å². The number of carbonyl (C=O) groups excluding carboxylic acids is 2. The lowest BCUT2D eigenvalue weighted by atomic mass is 10.0. The molecule has 3 N–H and O–H groups in total. The van der Waals surface area contributed by atoms with E-state index >= 15 is 0 Å². The van der Waals surface area contributed by atoms with Gasteiger partial charge in [-0.15, -0.1) is 0 Å². The summed E-state index contributed by atoms with van der Waals surface area (Å²) >= 11 is 0. The Kier molecular flexibility index (Phi) is 7.54. The zero-order valence-corrected chi connectivity index (χ0v) is 10.3. The maximum Gasteiger partial charge on any atom is 0.307 e. The molecule has 0 saturated heterocycles. The number of hydrogen-bond donors (Lipinski definition) is 2. The third-order valence-electron chi connectivity index (χ3n) is 2.00. The van der Waals surface area contributed by atoms with E-state index in [1.807, 2.05) is 13.8 Å². The number of amides is 1. The molecule has 0 rings (SSSR count). The minimum absolute atomic E-state index is 0.188. The summed E-state index contributed by atoms with van der Waals surface area (Å²) in [5.41, 5.74) is 5.67. The van der Waals surface area contributed by atoms with E-state index in [1.165, 1.54) is 0 Å². The van der Waals surface area contributed by atoms with E-state index in [4.69, 9.17) is 10.5 Å². The van der Waals surface area contributed by atoms with Crippen molar-refractivity contribution in [3.05, 3.63) is 0 Å². The first-order valence-corrected chi connectivity index (χ1v) is 5.66. The van der Waals surface area contributed by atoms with Crippen molar-refractivity contribution in [2.45, 2.75) is 39.7 Å². The first kappa shape index (κ1) is 14.9. The number of rotatable bonds is 7. The van der Waals surface area contributed by atoms with Gasteiger partial charge in [-0.1, -0.05) is 13.8 Å². The summed E-state index contributed by atoms with van der Waals surface area (Å²) in [6.45, 7) is 6.40. The molecule has 0 bridgehead atoms. The van der Waals surface area contributed by atoms with Crippen LogP contribution in [0.25, 0.3) is 0 Å². The molecule has 0 aromatic heterocycles. The fourth-order valence-corrected chi connectivity index (χ4v) is 1.27. The fourth-order valence-electron chi connectivity index (χ4n) is 1.27. The van der Waals surface area contributed by atoms with E-state index in [9.17, 15) is 9.59 Å². The van der Waals surface area contributed by atoms with Crippen molar-refractivity contribution in [2.75, 3.05) is 13.2 Å². The molecule has 0 saturated carbocycles. The summed E-state index contributed by atoms with van der Waals surface area (Å²) in [6, 6.07) is -0.498. The Labute approximate surface area is 96.7 Å². The van der Waals surface area contributed by atoms with Crippen LogP contribution < -0.4 is 11.1 Å². The maximum atomic E-state index is 11.4. The molecule has 0 spiro atoms. The number of hydrogen-bond acceptors (Lipinski definition) is 4. The minimum atomic E-state index is -0.498. The molecule has 5 heteroatoms. The van der Waals surface area contributed by atoms with Gasteiger partial charge in [0.2, 0.25) is 5.91 Å². The molecule has 16 heavy (non-hydrogen) atoms. The summed E-state index contributed by atoms with van der Waals surface area (Å²) in [5, 5.41) is 2.61. The Balaban J connectivity index is 3.68. The number of nitrogens with one attached hydrogen (secondary N) is 1. The minimum Gasteiger partial charge on any atom is -0.466 e. The molecule has 0 aliphatic rings. The van der Waals surface area contributed by atoms with Crippen molar-refractivity contribution >= 4 is 11.9 Å². The monoisotopic (exact) mass is 230 g/mol. The molecular weight excluding hydrogens is 208 g/mol. The molecule has 5 nitrogen and oxygen atoms in total. The van der Waals surface area contributed by atoms with Gasteiger partial charge in [-0.3, -0.25) is 9.59 Å². The molecule has 94 valence electrons. The Morgan fingerprint density at radius 1 is 1.38 bits per heavy atom. The number of nitrogens with two attached hydrogens (primary N) is 1. The Morgan fingerprint density at radius 2 is 2.00 bits per heavy atom. The second kappa shape index (κ2) is 8.10. The highest BCUT2D eigenvalue weighted by atomic mass is 16.5. The van der Waals surface area contributed by atoms with Gasteiger partial charge in [0.1, 0.15) is 0 Å².